The van der Waals surface area contributed by atoms with Gasteiger partial charge in [-0.3, -0.25) is 9.59 Å². The number of halogens is 1. The van der Waals surface area contributed by atoms with Crippen molar-refractivity contribution in [2.45, 2.75) is 6.54 Å². The third-order valence-corrected chi connectivity index (χ3v) is 4.33. The minimum absolute atomic E-state index is 0.0645. The van der Waals surface area contributed by atoms with Gasteiger partial charge in [0.05, 0.1) is 0 Å². The number of fused-ring (bicyclic) bond motifs is 3. The summed E-state index contributed by atoms with van der Waals surface area (Å²) in [6.07, 6.45) is 0. The summed E-state index contributed by atoms with van der Waals surface area (Å²) < 4.78 is 13.2. The molecule has 0 bridgehead atoms. The summed E-state index contributed by atoms with van der Waals surface area (Å²) in [5, 5.41) is 2.75. The quantitative estimate of drug-likeness (QED) is 0.617. The summed E-state index contributed by atoms with van der Waals surface area (Å²) in [5.74, 6) is -0.700. The highest BCUT2D eigenvalue weighted by atomic mass is 19.1. The Morgan fingerprint density at radius 2 is 1.60 bits per heavy atom. The third kappa shape index (κ3) is 2.72. The van der Waals surface area contributed by atoms with Crippen LogP contribution in [0.5, 0.6) is 0 Å². The number of carbonyl (C=O) groups is 2. The van der Waals surface area contributed by atoms with Crippen molar-refractivity contribution in [3.05, 3.63) is 94.8 Å². The van der Waals surface area contributed by atoms with Crippen molar-refractivity contribution in [2.24, 2.45) is 0 Å². The van der Waals surface area contributed by atoms with E-state index in [0.29, 0.717) is 22.3 Å². The molecule has 0 radical (unpaired) electrons. The highest BCUT2D eigenvalue weighted by Crippen LogP contribution is 2.36. The van der Waals surface area contributed by atoms with E-state index in [2.05, 4.69) is 5.32 Å². The lowest BCUT2D eigenvalue weighted by molar-refractivity contribution is 0.0951. The van der Waals surface area contributed by atoms with E-state index in [1.54, 1.807) is 36.4 Å². The molecule has 3 aromatic carbocycles. The minimum atomic E-state index is -0.340. The lowest BCUT2D eigenvalue weighted by atomic mass is 10.0. The van der Waals surface area contributed by atoms with Crippen molar-refractivity contribution in [1.82, 2.24) is 5.32 Å². The molecule has 0 aliphatic heterocycles. The van der Waals surface area contributed by atoms with Crippen LogP contribution in [0.2, 0.25) is 0 Å². The topological polar surface area (TPSA) is 46.2 Å². The second kappa shape index (κ2) is 5.98. The maximum atomic E-state index is 13.2. The molecule has 1 aliphatic rings. The number of hydrogen-bond donors (Lipinski definition) is 1. The van der Waals surface area contributed by atoms with Gasteiger partial charge in [-0.1, -0.05) is 42.5 Å². The van der Waals surface area contributed by atoms with Crippen LogP contribution < -0.4 is 5.32 Å². The lowest BCUT2D eigenvalue weighted by Crippen LogP contribution is -2.23. The molecule has 25 heavy (non-hydrogen) atoms. The fourth-order valence-corrected chi connectivity index (χ4v) is 3.10. The standard InChI is InChI=1S/C21H14FNO2/c22-15-5-3-4-13(10-15)12-23-21(25)14-8-9-17-16-6-1-2-7-18(16)20(24)19(17)11-14/h1-11H,12H2,(H,23,25). The average Bonchev–Trinajstić information content (AvgIpc) is 2.92. The van der Waals surface area contributed by atoms with E-state index in [4.69, 9.17) is 0 Å². The van der Waals surface area contributed by atoms with Gasteiger partial charge in [0.25, 0.3) is 5.91 Å². The summed E-state index contributed by atoms with van der Waals surface area (Å²) in [4.78, 5) is 24.9. The van der Waals surface area contributed by atoms with Crippen LogP contribution in [0.25, 0.3) is 11.1 Å². The van der Waals surface area contributed by atoms with E-state index < -0.39 is 0 Å². The van der Waals surface area contributed by atoms with Crippen LogP contribution in [0.4, 0.5) is 4.39 Å². The number of nitrogens with one attached hydrogen (secondary N) is 1. The molecule has 0 aromatic heterocycles. The normalized spacial score (nSPS) is 11.8. The molecule has 1 N–H and O–H groups in total. The summed E-state index contributed by atoms with van der Waals surface area (Å²) in [6.45, 7) is 0.224. The highest BCUT2D eigenvalue weighted by molar-refractivity contribution is 6.22. The number of benzene rings is 3. The Kier molecular flexibility index (Phi) is 3.65. The molecule has 1 aliphatic carbocycles. The number of carbonyl (C=O) groups excluding carboxylic acids is 2. The van der Waals surface area contributed by atoms with Gasteiger partial charge in [-0.15, -0.1) is 0 Å². The van der Waals surface area contributed by atoms with E-state index in [1.165, 1.54) is 12.1 Å². The molecular weight excluding hydrogens is 317 g/mol. The summed E-state index contributed by atoms with van der Waals surface area (Å²) in [5.41, 5.74) is 4.04. The van der Waals surface area contributed by atoms with Crippen LogP contribution in [0.15, 0.2) is 66.7 Å². The Hall–Kier alpha value is -3.27. The van der Waals surface area contributed by atoms with Crippen molar-refractivity contribution in [3.8, 4) is 11.1 Å². The maximum absolute atomic E-state index is 13.2. The van der Waals surface area contributed by atoms with Crippen LogP contribution in [0, 0.1) is 5.82 Å². The Balaban J connectivity index is 1.57. The fourth-order valence-electron chi connectivity index (χ4n) is 3.10. The van der Waals surface area contributed by atoms with Crippen LogP contribution >= 0.6 is 0 Å². The zero-order valence-electron chi connectivity index (χ0n) is 13.3. The summed E-state index contributed by atoms with van der Waals surface area (Å²) >= 11 is 0. The highest BCUT2D eigenvalue weighted by Gasteiger charge is 2.26. The SMILES string of the molecule is O=C(NCc1cccc(F)c1)c1ccc2c(c1)C(=O)c1ccccc1-2. The van der Waals surface area contributed by atoms with Crippen molar-refractivity contribution < 1.29 is 14.0 Å². The van der Waals surface area contributed by atoms with Crippen molar-refractivity contribution in [1.29, 1.82) is 0 Å². The first-order chi connectivity index (χ1) is 12.1. The minimum Gasteiger partial charge on any atom is -0.348 e. The molecular formula is C21H14FNO2. The van der Waals surface area contributed by atoms with Crippen molar-refractivity contribution in [2.75, 3.05) is 0 Å². The van der Waals surface area contributed by atoms with E-state index in [-0.39, 0.29) is 24.1 Å². The Morgan fingerprint density at radius 1 is 0.840 bits per heavy atom. The first-order valence-corrected chi connectivity index (χ1v) is 7.94. The number of ketones is 1. The van der Waals surface area contributed by atoms with Crippen molar-refractivity contribution in [3.63, 3.8) is 0 Å². The molecule has 122 valence electrons. The Morgan fingerprint density at radius 3 is 2.40 bits per heavy atom. The van der Waals surface area contributed by atoms with E-state index in [1.807, 2.05) is 18.2 Å². The second-order valence-electron chi connectivity index (χ2n) is 5.95. The van der Waals surface area contributed by atoms with Crippen LogP contribution in [0.1, 0.15) is 31.8 Å². The second-order valence-corrected chi connectivity index (χ2v) is 5.95. The molecule has 0 fully saturated rings. The third-order valence-electron chi connectivity index (χ3n) is 4.33. The average molecular weight is 331 g/mol. The summed E-state index contributed by atoms with van der Waals surface area (Å²) in [7, 11) is 0. The molecule has 0 saturated carbocycles. The summed E-state index contributed by atoms with van der Waals surface area (Å²) in [6, 6.07) is 18.6. The van der Waals surface area contributed by atoms with Crippen LogP contribution in [-0.4, -0.2) is 11.7 Å². The molecule has 3 aromatic rings. The van der Waals surface area contributed by atoms with Gasteiger partial charge in [-0.25, -0.2) is 4.39 Å². The molecule has 4 heteroatoms. The van der Waals surface area contributed by atoms with Crippen molar-refractivity contribution >= 4 is 11.7 Å². The first-order valence-electron chi connectivity index (χ1n) is 7.94. The Bertz CT molecular complexity index is 1010. The predicted molar refractivity (Wildman–Crippen MR) is 92.9 cm³/mol. The maximum Gasteiger partial charge on any atom is 0.251 e. The molecule has 0 saturated heterocycles. The monoisotopic (exact) mass is 331 g/mol. The molecule has 0 unspecified atom stereocenters. The van der Waals surface area contributed by atoms with E-state index in [0.717, 1.165) is 11.1 Å². The molecule has 0 atom stereocenters. The van der Waals surface area contributed by atoms with Gasteiger partial charge >= 0.3 is 0 Å². The molecule has 0 spiro atoms. The van der Waals surface area contributed by atoms with E-state index >= 15 is 0 Å². The molecule has 1 amide bonds. The zero-order chi connectivity index (χ0) is 17.4. The van der Waals surface area contributed by atoms with E-state index in [9.17, 15) is 14.0 Å². The zero-order valence-corrected chi connectivity index (χ0v) is 13.3. The number of rotatable bonds is 3. The van der Waals surface area contributed by atoms with Gasteiger partial charge < -0.3 is 5.32 Å². The lowest BCUT2D eigenvalue weighted by Gasteiger charge is -2.07. The molecule has 0 heterocycles. The van der Waals surface area contributed by atoms with Gasteiger partial charge in [0.1, 0.15) is 5.82 Å². The molecule has 3 nitrogen and oxygen atoms in total. The Labute approximate surface area is 144 Å². The molecule has 4 rings (SSSR count). The predicted octanol–water partition coefficient (Wildman–Crippen LogP) is 3.97. The van der Waals surface area contributed by atoms with Gasteiger partial charge in [0, 0.05) is 23.2 Å². The largest absolute Gasteiger partial charge is 0.348 e. The van der Waals surface area contributed by atoms with Crippen LogP contribution in [-0.2, 0) is 6.54 Å². The number of hydrogen-bond acceptors (Lipinski definition) is 2. The van der Waals surface area contributed by atoms with Crippen LogP contribution in [0.3, 0.4) is 0 Å². The van der Waals surface area contributed by atoms with Gasteiger partial charge in [0.15, 0.2) is 5.78 Å². The van der Waals surface area contributed by atoms with Gasteiger partial charge in [0.2, 0.25) is 0 Å². The first kappa shape index (κ1) is 15.3. The van der Waals surface area contributed by atoms with Gasteiger partial charge in [-0.2, -0.15) is 0 Å². The smallest absolute Gasteiger partial charge is 0.251 e. The van der Waals surface area contributed by atoms with Gasteiger partial charge in [-0.05, 0) is 41.0 Å². The number of amides is 1. The fraction of sp³-hybridized carbons (Fsp3) is 0.0476.